The zero-order chi connectivity index (χ0) is 21.6. The molecule has 0 saturated carbocycles. The number of thiocarbonyl (C=S) groups is 1. The first-order chi connectivity index (χ1) is 14.3. The largest absolute Gasteiger partial charge is 0.339 e. The van der Waals surface area contributed by atoms with Crippen LogP contribution in [0.25, 0.3) is 17.0 Å². The van der Waals surface area contributed by atoms with Crippen LogP contribution in [0.2, 0.25) is 0 Å². The summed E-state index contributed by atoms with van der Waals surface area (Å²) in [6.07, 6.45) is 3.63. The Morgan fingerprint density at radius 1 is 1.00 bits per heavy atom. The molecule has 0 spiro atoms. The molecule has 1 atom stereocenters. The summed E-state index contributed by atoms with van der Waals surface area (Å²) in [5.74, 6) is -0.447. The molecule has 9 heteroatoms. The van der Waals surface area contributed by atoms with E-state index in [4.69, 9.17) is 47.0 Å². The fourth-order valence-electron chi connectivity index (χ4n) is 2.62. The zero-order valence-corrected chi connectivity index (χ0v) is 18.6. The molecule has 0 bridgehead atoms. The van der Waals surface area contributed by atoms with E-state index in [9.17, 15) is 4.79 Å². The fourth-order valence-corrected chi connectivity index (χ4v) is 3.18. The van der Waals surface area contributed by atoms with Gasteiger partial charge in [0.1, 0.15) is 6.17 Å². The van der Waals surface area contributed by atoms with Crippen molar-refractivity contribution in [2.75, 3.05) is 5.32 Å². The number of hydrogen-bond acceptors (Lipinski definition) is 3. The van der Waals surface area contributed by atoms with Gasteiger partial charge >= 0.3 is 0 Å². The van der Waals surface area contributed by atoms with Gasteiger partial charge in [-0.2, -0.15) is 0 Å². The zero-order valence-electron chi connectivity index (χ0n) is 15.5. The lowest BCUT2D eigenvalue weighted by molar-refractivity contribution is -0.117. The highest BCUT2D eigenvalue weighted by Gasteiger charge is 2.34. The molecule has 1 aromatic heterocycles. The lowest BCUT2D eigenvalue weighted by Crippen LogP contribution is -2.55. The number of carbonyl (C=O) groups excluding carboxylic acids is 1. The summed E-state index contributed by atoms with van der Waals surface area (Å²) in [4.78, 5) is 16.7. The van der Waals surface area contributed by atoms with Gasteiger partial charge in [0.2, 0.25) is 9.70 Å². The number of anilines is 1. The van der Waals surface area contributed by atoms with Gasteiger partial charge in [-0.3, -0.25) is 9.78 Å². The number of para-hydroxylation sites is 1. The highest BCUT2D eigenvalue weighted by molar-refractivity contribution is 7.80. The molecular formula is C21H17Cl3N4OS. The summed E-state index contributed by atoms with van der Waals surface area (Å²) in [5, 5.41) is 9.58. The van der Waals surface area contributed by atoms with Crippen LogP contribution in [0.1, 0.15) is 5.56 Å². The van der Waals surface area contributed by atoms with Crippen LogP contribution in [-0.2, 0) is 4.79 Å². The molecule has 3 N–H and O–H groups in total. The Labute approximate surface area is 194 Å². The van der Waals surface area contributed by atoms with Crippen LogP contribution in [0.4, 0.5) is 5.69 Å². The van der Waals surface area contributed by atoms with Gasteiger partial charge in [-0.15, -0.1) is 0 Å². The van der Waals surface area contributed by atoms with E-state index in [0.717, 1.165) is 16.5 Å². The molecule has 154 valence electrons. The van der Waals surface area contributed by atoms with Crippen molar-refractivity contribution in [3.8, 4) is 0 Å². The maximum atomic E-state index is 12.3. The Balaban J connectivity index is 1.68. The predicted octanol–water partition coefficient (Wildman–Crippen LogP) is 5.05. The van der Waals surface area contributed by atoms with E-state index in [1.165, 1.54) is 6.08 Å². The number of amides is 1. The number of alkyl halides is 3. The second-order valence-corrected chi connectivity index (χ2v) is 8.98. The molecule has 0 saturated heterocycles. The van der Waals surface area contributed by atoms with Crippen molar-refractivity contribution in [3.05, 3.63) is 78.5 Å². The van der Waals surface area contributed by atoms with E-state index < -0.39 is 15.9 Å². The first kappa shape index (κ1) is 22.3. The number of nitrogens with one attached hydrogen (secondary N) is 3. The number of benzene rings is 2. The van der Waals surface area contributed by atoms with Crippen LogP contribution in [0, 0.1) is 0 Å². The second kappa shape index (κ2) is 10.1. The summed E-state index contributed by atoms with van der Waals surface area (Å²) >= 11 is 23.4. The minimum atomic E-state index is -1.85. The van der Waals surface area contributed by atoms with Gasteiger partial charge in [-0.1, -0.05) is 83.3 Å². The molecule has 5 nitrogen and oxygen atoms in total. The quantitative estimate of drug-likeness (QED) is 0.207. The van der Waals surface area contributed by atoms with Crippen molar-refractivity contribution in [2.24, 2.45) is 0 Å². The van der Waals surface area contributed by atoms with E-state index in [1.54, 1.807) is 12.3 Å². The molecule has 0 unspecified atom stereocenters. The molecule has 0 aliphatic carbocycles. The average Bonchev–Trinajstić information content (AvgIpc) is 2.72. The number of pyridine rings is 1. The van der Waals surface area contributed by atoms with Crippen LogP contribution in [0.3, 0.4) is 0 Å². The number of rotatable bonds is 5. The van der Waals surface area contributed by atoms with Gasteiger partial charge in [-0.25, -0.2) is 0 Å². The molecule has 2 aromatic carbocycles. The van der Waals surface area contributed by atoms with E-state index in [1.807, 2.05) is 60.7 Å². The third-order valence-corrected chi connectivity index (χ3v) is 4.87. The monoisotopic (exact) mass is 478 g/mol. The third kappa shape index (κ3) is 6.31. The number of aromatic nitrogens is 1. The topological polar surface area (TPSA) is 66.1 Å². The minimum absolute atomic E-state index is 0.164. The molecule has 1 heterocycles. The summed E-state index contributed by atoms with van der Waals surface area (Å²) in [7, 11) is 0. The number of halogens is 3. The van der Waals surface area contributed by atoms with Gasteiger partial charge in [-0.05, 0) is 36.0 Å². The minimum Gasteiger partial charge on any atom is -0.339 e. The maximum Gasteiger partial charge on any atom is 0.245 e. The SMILES string of the molecule is O=C(/C=C\c1ccccc1)N[C@@H](NC(=S)Nc1cccc2cccnc12)C(Cl)(Cl)Cl. The van der Waals surface area contributed by atoms with Gasteiger partial charge in [0.25, 0.3) is 0 Å². The second-order valence-electron chi connectivity index (χ2n) is 6.21. The highest BCUT2D eigenvalue weighted by atomic mass is 35.6. The molecule has 30 heavy (non-hydrogen) atoms. The average molecular weight is 480 g/mol. The Hall–Kier alpha value is -2.38. The van der Waals surface area contributed by atoms with Gasteiger partial charge < -0.3 is 16.0 Å². The van der Waals surface area contributed by atoms with Crippen molar-refractivity contribution in [1.82, 2.24) is 15.6 Å². The highest BCUT2D eigenvalue weighted by Crippen LogP contribution is 2.29. The first-order valence-corrected chi connectivity index (χ1v) is 10.4. The van der Waals surface area contributed by atoms with Gasteiger partial charge in [0, 0.05) is 17.7 Å². The van der Waals surface area contributed by atoms with Gasteiger partial charge in [0.15, 0.2) is 5.11 Å². The summed E-state index contributed by atoms with van der Waals surface area (Å²) < 4.78 is -1.85. The van der Waals surface area contributed by atoms with Crippen molar-refractivity contribution in [2.45, 2.75) is 9.96 Å². The van der Waals surface area contributed by atoms with Crippen molar-refractivity contribution in [1.29, 1.82) is 0 Å². The molecule has 0 radical (unpaired) electrons. The predicted molar refractivity (Wildman–Crippen MR) is 129 cm³/mol. The molecule has 0 aliphatic rings. The number of fused-ring (bicyclic) bond motifs is 1. The fraction of sp³-hybridized carbons (Fsp3) is 0.0952. The van der Waals surface area contributed by atoms with Crippen molar-refractivity contribution >= 4 is 80.7 Å². The van der Waals surface area contributed by atoms with E-state index in [2.05, 4.69) is 20.9 Å². The van der Waals surface area contributed by atoms with Crippen LogP contribution in [-0.4, -0.2) is 26.0 Å². The lowest BCUT2D eigenvalue weighted by Gasteiger charge is -2.27. The normalized spacial score (nSPS) is 12.5. The Bertz CT molecular complexity index is 1070. The molecular weight excluding hydrogens is 463 g/mol. The lowest BCUT2D eigenvalue weighted by atomic mass is 10.2. The number of nitrogens with zero attached hydrogens (tertiary/aromatic N) is 1. The molecule has 1 amide bonds. The van der Waals surface area contributed by atoms with Crippen molar-refractivity contribution in [3.63, 3.8) is 0 Å². The molecule has 0 aliphatic heterocycles. The Morgan fingerprint density at radius 3 is 2.47 bits per heavy atom. The van der Waals surface area contributed by atoms with Gasteiger partial charge in [0.05, 0.1) is 11.2 Å². The molecule has 3 rings (SSSR count). The van der Waals surface area contributed by atoms with Crippen LogP contribution < -0.4 is 16.0 Å². The van der Waals surface area contributed by atoms with Crippen LogP contribution in [0.5, 0.6) is 0 Å². The molecule has 0 fully saturated rings. The van der Waals surface area contributed by atoms with Crippen LogP contribution >= 0.6 is 47.0 Å². The smallest absolute Gasteiger partial charge is 0.245 e. The summed E-state index contributed by atoms with van der Waals surface area (Å²) in [6, 6.07) is 18.8. The standard InChI is InChI=1S/C21H17Cl3N4OS/c22-21(23,24)19(27-17(29)12-11-14-6-2-1-3-7-14)28-20(30)26-16-10-4-8-15-9-5-13-25-18(15)16/h1-13,19H,(H,27,29)(H2,26,28,30)/b12-11-/t19-/m0/s1. The van der Waals surface area contributed by atoms with Crippen molar-refractivity contribution < 1.29 is 4.79 Å². The number of hydrogen-bond donors (Lipinski definition) is 3. The third-order valence-electron chi connectivity index (χ3n) is 4.00. The first-order valence-electron chi connectivity index (χ1n) is 8.84. The van der Waals surface area contributed by atoms with E-state index in [-0.39, 0.29) is 5.11 Å². The Kier molecular flexibility index (Phi) is 7.50. The van der Waals surface area contributed by atoms with Crippen LogP contribution in [0.15, 0.2) is 72.9 Å². The molecule has 3 aromatic rings. The maximum absolute atomic E-state index is 12.3. The number of carbonyl (C=O) groups is 1. The van der Waals surface area contributed by atoms with E-state index >= 15 is 0 Å². The van der Waals surface area contributed by atoms with E-state index in [0.29, 0.717) is 5.69 Å². The Morgan fingerprint density at radius 2 is 1.73 bits per heavy atom. The summed E-state index contributed by atoms with van der Waals surface area (Å²) in [5.41, 5.74) is 2.29. The summed E-state index contributed by atoms with van der Waals surface area (Å²) in [6.45, 7) is 0.